The first-order chi connectivity index (χ1) is 54.7. The summed E-state index contributed by atoms with van der Waals surface area (Å²) in [4.78, 5) is 0. The Kier molecular flexibility index (Phi) is 62.9. The lowest BCUT2D eigenvalue weighted by Crippen LogP contribution is -2.14. The maximum absolute atomic E-state index is 11.0. The molecule has 0 bridgehead atoms. The molecule has 3 aromatic rings. The first-order valence-corrected chi connectivity index (χ1v) is 47.6. The van der Waals surface area contributed by atoms with E-state index in [0.717, 1.165) is 77.0 Å². The zero-order valence-electron chi connectivity index (χ0n) is 74.5. The number of benzene rings is 3. The van der Waals surface area contributed by atoms with E-state index in [1.54, 1.807) is 27.7 Å². The van der Waals surface area contributed by atoms with E-state index >= 15 is 0 Å². The largest absolute Gasteiger partial charge is 0.492 e. The van der Waals surface area contributed by atoms with Crippen LogP contribution in [0.2, 0.25) is 0 Å². The van der Waals surface area contributed by atoms with Crippen LogP contribution in [0.4, 0.5) is 0 Å². The van der Waals surface area contributed by atoms with Crippen molar-refractivity contribution < 1.29 is 38.6 Å². The standard InChI is InChI=1S/C104H170O8/c1-11-17-23-29-35-41-47-53-59-65-79-107-97-85-92(72-74-94-88-102(112-84-70-64-58-52-46-40-34-28-22-16-6)96(76-78-104(9,10)106)90-100(94)110-82-68-62-56-50-44-38-32-26-20-14-4)98(108-80-66-60-54-48-42-36-30-24-18-12-2)86-91(97)71-73-93-87-101(111-83-69-63-57-51-45-39-33-27-21-15-5)95(75-77-103(7,8)105)89-99(93)109-81-67-61-55-49-43-37-31-25-19-13-3/h85-90,105-106H,11-70,79-84H2,1-10H3. The average molecular weight is 1550 g/mol. The van der Waals surface area contributed by atoms with Crippen molar-refractivity contribution in [3.05, 3.63) is 69.8 Å². The third-order valence-electron chi connectivity index (χ3n) is 21.4. The molecule has 0 saturated carbocycles. The Balaban J connectivity index is 2.32. The molecule has 0 aliphatic carbocycles. The fourth-order valence-electron chi connectivity index (χ4n) is 14.3. The highest BCUT2D eigenvalue weighted by atomic mass is 16.5. The van der Waals surface area contributed by atoms with E-state index in [-0.39, 0.29) is 0 Å². The van der Waals surface area contributed by atoms with Crippen molar-refractivity contribution in [1.29, 1.82) is 0 Å². The van der Waals surface area contributed by atoms with Gasteiger partial charge in [0.25, 0.3) is 0 Å². The summed E-state index contributed by atoms with van der Waals surface area (Å²) in [5.74, 6) is 31.4. The third kappa shape index (κ3) is 55.2. The monoisotopic (exact) mass is 1550 g/mol. The van der Waals surface area contributed by atoms with E-state index < -0.39 is 11.2 Å². The molecule has 0 aliphatic heterocycles. The number of unbranched alkanes of at least 4 members (excludes halogenated alkanes) is 54. The molecule has 0 heterocycles. The van der Waals surface area contributed by atoms with E-state index in [2.05, 4.69) is 101 Å². The minimum absolute atomic E-state index is 0.541. The highest BCUT2D eigenvalue weighted by molar-refractivity contribution is 5.65. The van der Waals surface area contributed by atoms with E-state index in [0.29, 0.717) is 108 Å². The second kappa shape index (κ2) is 69.9. The molecule has 0 atom stereocenters. The summed E-state index contributed by atoms with van der Waals surface area (Å²) in [6.45, 7) is 23.9. The van der Waals surface area contributed by atoms with Crippen molar-refractivity contribution >= 4 is 0 Å². The predicted octanol–water partition coefficient (Wildman–Crippen LogP) is 30.5. The molecule has 8 heteroatoms. The van der Waals surface area contributed by atoms with Gasteiger partial charge < -0.3 is 38.6 Å². The van der Waals surface area contributed by atoms with Crippen LogP contribution in [0.1, 0.15) is 488 Å². The van der Waals surface area contributed by atoms with Gasteiger partial charge in [0.2, 0.25) is 0 Å². The van der Waals surface area contributed by atoms with Crippen LogP contribution in [0.3, 0.4) is 0 Å². The molecular weight excluding hydrogens is 1380 g/mol. The molecule has 634 valence electrons. The van der Waals surface area contributed by atoms with Gasteiger partial charge in [0.1, 0.15) is 45.7 Å². The second-order valence-electron chi connectivity index (χ2n) is 33.8. The quantitative estimate of drug-likeness (QED) is 0.0426. The van der Waals surface area contributed by atoms with Gasteiger partial charge in [0, 0.05) is 36.4 Å². The van der Waals surface area contributed by atoms with Crippen LogP contribution in [0, 0.1) is 47.4 Å². The third-order valence-corrected chi connectivity index (χ3v) is 21.4. The molecule has 3 aromatic carbocycles. The van der Waals surface area contributed by atoms with Crippen LogP contribution in [0.25, 0.3) is 0 Å². The lowest BCUT2D eigenvalue weighted by molar-refractivity contribution is 0.143. The Hall–Kier alpha value is -5.38. The molecule has 0 amide bonds. The number of aliphatic hydroxyl groups is 2. The number of hydrogen-bond acceptors (Lipinski definition) is 8. The van der Waals surface area contributed by atoms with Gasteiger partial charge in [-0.2, -0.15) is 0 Å². The predicted molar refractivity (Wildman–Crippen MR) is 482 cm³/mol. The summed E-state index contributed by atoms with van der Waals surface area (Å²) >= 11 is 0. The van der Waals surface area contributed by atoms with Gasteiger partial charge in [-0.15, -0.1) is 0 Å². The lowest BCUT2D eigenvalue weighted by atomic mass is 10.0. The van der Waals surface area contributed by atoms with Crippen LogP contribution < -0.4 is 28.4 Å². The summed E-state index contributed by atoms with van der Waals surface area (Å²) in [6.07, 6.45) is 74.2. The summed E-state index contributed by atoms with van der Waals surface area (Å²) in [6, 6.07) is 12.2. The van der Waals surface area contributed by atoms with Crippen LogP contribution in [-0.2, 0) is 0 Å². The van der Waals surface area contributed by atoms with Crippen molar-refractivity contribution in [3.63, 3.8) is 0 Å². The zero-order chi connectivity index (χ0) is 80.7. The van der Waals surface area contributed by atoms with Crippen molar-refractivity contribution in [2.24, 2.45) is 0 Å². The molecule has 0 fully saturated rings. The van der Waals surface area contributed by atoms with Gasteiger partial charge in [-0.3, -0.25) is 0 Å². The average Bonchev–Trinajstić information content (AvgIpc) is 0.812. The molecule has 0 aromatic heterocycles. The van der Waals surface area contributed by atoms with Crippen LogP contribution in [0.15, 0.2) is 36.4 Å². The maximum Gasteiger partial charge on any atom is 0.136 e. The van der Waals surface area contributed by atoms with Crippen molar-refractivity contribution in [1.82, 2.24) is 0 Å². The van der Waals surface area contributed by atoms with Gasteiger partial charge in [0.15, 0.2) is 0 Å². The molecule has 0 spiro atoms. The lowest BCUT2D eigenvalue weighted by Gasteiger charge is -2.15. The van der Waals surface area contributed by atoms with E-state index in [1.807, 2.05) is 24.3 Å². The SMILES string of the molecule is CCCCCCCCCCCCOc1cc(C#Cc2cc(OCCCCCCCCCCCC)c(C#CC(C)(C)O)cc2OCCCCCCCCCCCC)c(OCCCCCCCCCCCC)cc1C#Cc1cc(OCCCCCCCCCCCC)c(C#CC(C)(C)O)cc1OCCCCCCCCCCCC. The summed E-state index contributed by atoms with van der Waals surface area (Å²) in [5.41, 5.74) is 1.80. The van der Waals surface area contributed by atoms with Gasteiger partial charge in [-0.1, -0.05) is 436 Å². The molecule has 8 nitrogen and oxygen atoms in total. The number of ether oxygens (including phenoxy) is 6. The van der Waals surface area contributed by atoms with Gasteiger partial charge in [-0.05, 0) is 66.2 Å². The van der Waals surface area contributed by atoms with Crippen LogP contribution in [-0.4, -0.2) is 61.1 Å². The smallest absolute Gasteiger partial charge is 0.136 e. The molecule has 2 N–H and O–H groups in total. The summed E-state index contributed by atoms with van der Waals surface area (Å²) in [7, 11) is 0. The van der Waals surface area contributed by atoms with Gasteiger partial charge >= 0.3 is 0 Å². The normalized spacial score (nSPS) is 11.3. The highest BCUT2D eigenvalue weighted by Gasteiger charge is 2.18. The Labute approximate surface area is 691 Å². The first-order valence-electron chi connectivity index (χ1n) is 47.6. The molecule has 0 saturated heterocycles. The van der Waals surface area contributed by atoms with Crippen molar-refractivity contribution in [2.45, 2.75) is 466 Å². The minimum atomic E-state index is -1.21. The van der Waals surface area contributed by atoms with E-state index in [9.17, 15) is 10.2 Å². The topological polar surface area (TPSA) is 95.8 Å². The summed E-state index contributed by atoms with van der Waals surface area (Å²) in [5, 5.41) is 22.0. The maximum atomic E-state index is 11.0. The number of hydrogen-bond donors (Lipinski definition) is 2. The van der Waals surface area contributed by atoms with E-state index in [4.69, 9.17) is 28.4 Å². The Morgan fingerprint density at radius 3 is 0.429 bits per heavy atom. The van der Waals surface area contributed by atoms with Crippen molar-refractivity contribution in [2.75, 3.05) is 39.6 Å². The summed E-state index contributed by atoms with van der Waals surface area (Å²) < 4.78 is 41.1. The molecule has 0 unspecified atom stereocenters. The Morgan fingerprint density at radius 2 is 0.304 bits per heavy atom. The molecule has 0 radical (unpaired) electrons. The molecule has 0 aliphatic rings. The molecule has 112 heavy (non-hydrogen) atoms. The minimum Gasteiger partial charge on any atom is -0.492 e. The van der Waals surface area contributed by atoms with Crippen LogP contribution in [0.5, 0.6) is 34.5 Å². The zero-order valence-corrected chi connectivity index (χ0v) is 74.5. The highest BCUT2D eigenvalue weighted by Crippen LogP contribution is 2.35. The second-order valence-corrected chi connectivity index (χ2v) is 33.8. The Morgan fingerprint density at radius 1 is 0.188 bits per heavy atom. The fraction of sp³-hybridized carbons (Fsp3) is 0.750. The first kappa shape index (κ1) is 101. The molecular formula is C104H170O8. The van der Waals surface area contributed by atoms with Gasteiger partial charge in [-0.25, -0.2) is 0 Å². The van der Waals surface area contributed by atoms with Gasteiger partial charge in [0.05, 0.1) is 73.0 Å². The van der Waals surface area contributed by atoms with Crippen molar-refractivity contribution in [3.8, 4) is 81.9 Å². The number of rotatable bonds is 72. The van der Waals surface area contributed by atoms with E-state index in [1.165, 1.54) is 308 Å². The van der Waals surface area contributed by atoms with Crippen LogP contribution >= 0.6 is 0 Å². The fourth-order valence-corrected chi connectivity index (χ4v) is 14.3. The molecule has 3 rings (SSSR count). The Bertz CT molecular complexity index is 2820.